The standard InChI is InChI=1S/C15H14N8O3/c1-7(9-4-8(23-26-9)13-16-2-3-17-13)21-15(25)12-11-14(20-6-19-12)22-10(24)5-18-11/h2-4,6-7,18H,5H2,1H3,(H,16,17)(H,21,25)(H,19,20,22,24)/t7-/m1/s1. The number of carbonyl (C=O) groups is 2. The molecule has 11 heteroatoms. The predicted molar refractivity (Wildman–Crippen MR) is 89.1 cm³/mol. The van der Waals surface area contributed by atoms with E-state index in [0.717, 1.165) is 0 Å². The molecule has 2 amide bonds. The van der Waals surface area contributed by atoms with Gasteiger partial charge >= 0.3 is 0 Å². The Labute approximate surface area is 146 Å². The number of H-pyrrole nitrogens is 1. The number of aromatic nitrogens is 5. The number of fused-ring (bicyclic) bond motifs is 1. The Kier molecular flexibility index (Phi) is 3.80. The molecule has 26 heavy (non-hydrogen) atoms. The second-order valence-corrected chi connectivity index (χ2v) is 5.60. The molecule has 4 N–H and O–H groups in total. The molecule has 0 radical (unpaired) electrons. The third-order valence-corrected chi connectivity index (χ3v) is 3.79. The SMILES string of the molecule is C[C@@H](NC(=O)c1ncnc2c1NCC(=O)N2)c1cc(-c2ncc[nH]2)no1. The van der Waals surface area contributed by atoms with Crippen LogP contribution in [0.25, 0.3) is 11.5 Å². The number of aromatic amines is 1. The highest BCUT2D eigenvalue weighted by Gasteiger charge is 2.25. The van der Waals surface area contributed by atoms with Crippen molar-refractivity contribution in [2.75, 3.05) is 17.2 Å². The summed E-state index contributed by atoms with van der Waals surface area (Å²) in [5.74, 6) is 0.643. The molecule has 0 saturated heterocycles. The van der Waals surface area contributed by atoms with Crippen molar-refractivity contribution >= 4 is 23.3 Å². The summed E-state index contributed by atoms with van der Waals surface area (Å²) < 4.78 is 5.28. The number of hydrogen-bond donors (Lipinski definition) is 4. The van der Waals surface area contributed by atoms with Crippen LogP contribution in [0.4, 0.5) is 11.5 Å². The van der Waals surface area contributed by atoms with Gasteiger partial charge in [0.05, 0.1) is 12.6 Å². The molecule has 0 aromatic carbocycles. The molecule has 11 nitrogen and oxygen atoms in total. The van der Waals surface area contributed by atoms with E-state index in [4.69, 9.17) is 4.52 Å². The van der Waals surface area contributed by atoms with Crippen LogP contribution >= 0.6 is 0 Å². The fourth-order valence-corrected chi connectivity index (χ4v) is 2.51. The van der Waals surface area contributed by atoms with Crippen LogP contribution < -0.4 is 16.0 Å². The van der Waals surface area contributed by atoms with E-state index in [1.54, 1.807) is 25.4 Å². The highest BCUT2D eigenvalue weighted by atomic mass is 16.5. The van der Waals surface area contributed by atoms with E-state index >= 15 is 0 Å². The zero-order chi connectivity index (χ0) is 18.1. The Bertz CT molecular complexity index is 965. The molecule has 1 atom stereocenters. The van der Waals surface area contributed by atoms with E-state index in [2.05, 4.69) is 41.0 Å². The monoisotopic (exact) mass is 354 g/mol. The number of rotatable bonds is 4. The molecular weight excluding hydrogens is 340 g/mol. The maximum absolute atomic E-state index is 12.6. The van der Waals surface area contributed by atoms with Crippen molar-refractivity contribution in [1.82, 2.24) is 30.4 Å². The molecule has 0 aliphatic carbocycles. The third kappa shape index (κ3) is 2.85. The number of hydrogen-bond acceptors (Lipinski definition) is 8. The van der Waals surface area contributed by atoms with E-state index in [1.807, 2.05) is 0 Å². The van der Waals surface area contributed by atoms with Crippen LogP contribution in [-0.4, -0.2) is 43.5 Å². The van der Waals surface area contributed by atoms with Gasteiger partial charge < -0.3 is 25.5 Å². The minimum atomic E-state index is -0.456. The normalized spacial score (nSPS) is 14.1. The second kappa shape index (κ2) is 6.27. The zero-order valence-electron chi connectivity index (χ0n) is 13.6. The molecule has 3 aromatic rings. The van der Waals surface area contributed by atoms with Gasteiger partial charge in [-0.3, -0.25) is 9.59 Å². The Morgan fingerprint density at radius 2 is 2.23 bits per heavy atom. The largest absolute Gasteiger partial charge is 0.371 e. The van der Waals surface area contributed by atoms with Crippen LogP contribution in [0.2, 0.25) is 0 Å². The number of carbonyl (C=O) groups excluding carboxylic acids is 2. The van der Waals surface area contributed by atoms with Gasteiger partial charge in [0.2, 0.25) is 5.91 Å². The lowest BCUT2D eigenvalue weighted by Crippen LogP contribution is -2.33. The Balaban J connectivity index is 1.52. The number of amides is 2. The van der Waals surface area contributed by atoms with Crippen LogP contribution in [0, 0.1) is 0 Å². The van der Waals surface area contributed by atoms with Crippen molar-refractivity contribution in [2.45, 2.75) is 13.0 Å². The zero-order valence-corrected chi connectivity index (χ0v) is 13.6. The molecule has 1 aliphatic rings. The average Bonchev–Trinajstić information content (AvgIpc) is 3.32. The molecule has 132 valence electrons. The van der Waals surface area contributed by atoms with Gasteiger partial charge in [0.15, 0.2) is 23.1 Å². The molecule has 0 saturated carbocycles. The first kappa shape index (κ1) is 15.7. The van der Waals surface area contributed by atoms with Crippen molar-refractivity contribution in [3.05, 3.63) is 36.2 Å². The van der Waals surface area contributed by atoms with Gasteiger partial charge in [-0.25, -0.2) is 15.0 Å². The molecule has 0 fully saturated rings. The van der Waals surface area contributed by atoms with Gasteiger partial charge in [-0.2, -0.15) is 0 Å². The Morgan fingerprint density at radius 3 is 3.04 bits per heavy atom. The average molecular weight is 354 g/mol. The highest BCUT2D eigenvalue weighted by Crippen LogP contribution is 2.25. The summed E-state index contributed by atoms with van der Waals surface area (Å²) in [6.07, 6.45) is 4.51. The van der Waals surface area contributed by atoms with E-state index in [-0.39, 0.29) is 24.0 Å². The van der Waals surface area contributed by atoms with Crippen LogP contribution in [0.1, 0.15) is 29.2 Å². The first-order chi connectivity index (χ1) is 12.6. The Hall–Kier alpha value is -3.76. The minimum absolute atomic E-state index is 0.0464. The highest BCUT2D eigenvalue weighted by molar-refractivity contribution is 6.06. The molecule has 3 aromatic heterocycles. The van der Waals surface area contributed by atoms with Crippen molar-refractivity contribution in [2.24, 2.45) is 0 Å². The molecule has 4 heterocycles. The van der Waals surface area contributed by atoms with Gasteiger partial charge in [0.25, 0.3) is 5.91 Å². The summed E-state index contributed by atoms with van der Waals surface area (Å²) in [5, 5.41) is 12.2. The number of nitrogens with one attached hydrogen (secondary N) is 4. The smallest absolute Gasteiger partial charge is 0.272 e. The van der Waals surface area contributed by atoms with Crippen LogP contribution in [0.15, 0.2) is 29.3 Å². The Morgan fingerprint density at radius 1 is 1.35 bits per heavy atom. The predicted octanol–water partition coefficient (Wildman–Crippen LogP) is 0.710. The van der Waals surface area contributed by atoms with Gasteiger partial charge in [-0.15, -0.1) is 0 Å². The van der Waals surface area contributed by atoms with Gasteiger partial charge in [0, 0.05) is 18.5 Å². The van der Waals surface area contributed by atoms with Gasteiger partial charge in [0.1, 0.15) is 17.7 Å². The van der Waals surface area contributed by atoms with Crippen LogP contribution in [0.3, 0.4) is 0 Å². The number of imidazole rings is 1. The van der Waals surface area contributed by atoms with Crippen LogP contribution in [0.5, 0.6) is 0 Å². The molecule has 1 aliphatic heterocycles. The van der Waals surface area contributed by atoms with Crippen molar-refractivity contribution < 1.29 is 14.1 Å². The van der Waals surface area contributed by atoms with Gasteiger partial charge in [-0.05, 0) is 6.92 Å². The lowest BCUT2D eigenvalue weighted by molar-refractivity contribution is -0.114. The fraction of sp³-hybridized carbons (Fsp3) is 0.200. The third-order valence-electron chi connectivity index (χ3n) is 3.79. The van der Waals surface area contributed by atoms with Crippen molar-refractivity contribution in [3.8, 4) is 11.5 Å². The van der Waals surface area contributed by atoms with Crippen molar-refractivity contribution in [1.29, 1.82) is 0 Å². The second-order valence-electron chi connectivity index (χ2n) is 5.60. The maximum Gasteiger partial charge on any atom is 0.272 e. The molecule has 4 rings (SSSR count). The first-order valence-corrected chi connectivity index (χ1v) is 7.78. The lowest BCUT2D eigenvalue weighted by atomic mass is 10.2. The summed E-state index contributed by atoms with van der Waals surface area (Å²) in [7, 11) is 0. The van der Waals surface area contributed by atoms with E-state index in [9.17, 15) is 9.59 Å². The van der Waals surface area contributed by atoms with E-state index in [1.165, 1.54) is 6.33 Å². The fourth-order valence-electron chi connectivity index (χ4n) is 2.51. The number of nitrogens with zero attached hydrogens (tertiary/aromatic N) is 4. The summed E-state index contributed by atoms with van der Waals surface area (Å²) in [4.78, 5) is 39.0. The maximum atomic E-state index is 12.6. The molecule has 0 spiro atoms. The molecular formula is C15H14N8O3. The minimum Gasteiger partial charge on any atom is -0.371 e. The first-order valence-electron chi connectivity index (χ1n) is 7.78. The van der Waals surface area contributed by atoms with Crippen LogP contribution in [-0.2, 0) is 4.79 Å². The topological polar surface area (TPSA) is 151 Å². The number of anilines is 2. The van der Waals surface area contributed by atoms with Crippen molar-refractivity contribution in [3.63, 3.8) is 0 Å². The lowest BCUT2D eigenvalue weighted by Gasteiger charge is -2.19. The molecule has 0 bridgehead atoms. The molecule has 0 unspecified atom stereocenters. The quantitative estimate of drug-likeness (QED) is 0.535. The summed E-state index contributed by atoms with van der Waals surface area (Å²) >= 11 is 0. The summed E-state index contributed by atoms with van der Waals surface area (Å²) in [6, 6.07) is 1.24. The summed E-state index contributed by atoms with van der Waals surface area (Å²) in [5.41, 5.74) is 1.05. The summed E-state index contributed by atoms with van der Waals surface area (Å²) in [6.45, 7) is 1.80. The van der Waals surface area contributed by atoms with E-state index < -0.39 is 11.9 Å². The van der Waals surface area contributed by atoms with E-state index in [0.29, 0.717) is 23.0 Å². The van der Waals surface area contributed by atoms with Gasteiger partial charge in [-0.1, -0.05) is 5.16 Å².